The Labute approximate surface area is 231 Å². The van der Waals surface area contributed by atoms with Crippen molar-refractivity contribution in [3.8, 4) is 33.6 Å². The lowest BCUT2D eigenvalue weighted by molar-refractivity contribution is 1.37. The molecule has 0 spiro atoms. The third-order valence-corrected chi connectivity index (χ3v) is 7.69. The molecular weight excluding hydrogens is 486 g/mol. The van der Waals surface area contributed by atoms with Gasteiger partial charge in [0.2, 0.25) is 0 Å². The molecule has 3 heterocycles. The Morgan fingerprint density at radius 2 is 1.07 bits per heavy atom. The minimum absolute atomic E-state index is 0.928. The lowest BCUT2D eigenvalue weighted by atomic mass is 9.99. The van der Waals surface area contributed by atoms with Gasteiger partial charge in [0.25, 0.3) is 0 Å². The number of pyridine rings is 3. The van der Waals surface area contributed by atoms with Crippen molar-refractivity contribution in [3.05, 3.63) is 140 Å². The van der Waals surface area contributed by atoms with Gasteiger partial charge in [-0.25, -0.2) is 9.97 Å². The van der Waals surface area contributed by atoms with E-state index in [1.54, 1.807) is 0 Å². The molecule has 3 aromatic heterocycles. The summed E-state index contributed by atoms with van der Waals surface area (Å²) in [6.07, 6.45) is 1.84. The van der Waals surface area contributed by atoms with Gasteiger partial charge in [0.15, 0.2) is 0 Å². The third kappa shape index (κ3) is 3.79. The fourth-order valence-corrected chi connectivity index (χ4v) is 5.66. The lowest BCUT2D eigenvalue weighted by Gasteiger charge is -2.10. The highest BCUT2D eigenvalue weighted by Gasteiger charge is 2.10. The maximum Gasteiger partial charge on any atom is 0.0795 e. The smallest absolute Gasteiger partial charge is 0.0795 e. The molecule has 0 unspecified atom stereocenters. The zero-order valence-corrected chi connectivity index (χ0v) is 21.6. The number of nitrogens with zero attached hydrogens (tertiary/aromatic N) is 3. The van der Waals surface area contributed by atoms with Crippen LogP contribution >= 0.6 is 0 Å². The molecule has 0 saturated carbocycles. The standard InChI is InChI=1S/C37H23N3/c1-2-10-30-24(6-1)7-3-11-31(30)34-20-17-29-22-27(16-18-33(29)39-34)28-14-13-25-15-19-35(40-36(25)23-28)32-12-4-8-26-9-5-21-38-37(26)32/h1-23H. The van der Waals surface area contributed by atoms with Crippen molar-refractivity contribution in [3.63, 3.8) is 0 Å². The third-order valence-electron chi connectivity index (χ3n) is 7.69. The molecule has 0 saturated heterocycles. The molecule has 0 aliphatic heterocycles. The van der Waals surface area contributed by atoms with Crippen molar-refractivity contribution in [1.82, 2.24) is 15.0 Å². The van der Waals surface area contributed by atoms with Crippen molar-refractivity contribution in [1.29, 1.82) is 0 Å². The summed E-state index contributed by atoms with van der Waals surface area (Å²) in [7, 11) is 0. The van der Waals surface area contributed by atoms with Crippen LogP contribution in [-0.4, -0.2) is 15.0 Å². The van der Waals surface area contributed by atoms with Gasteiger partial charge in [0.05, 0.1) is 27.9 Å². The van der Waals surface area contributed by atoms with E-state index in [0.29, 0.717) is 0 Å². The van der Waals surface area contributed by atoms with E-state index in [2.05, 4.69) is 132 Å². The Morgan fingerprint density at radius 1 is 0.400 bits per heavy atom. The number of fused-ring (bicyclic) bond motifs is 4. The SMILES string of the molecule is c1ccc2c(-c3ccc4cc(-c5ccc6ccc(-c7cccc8cccnc78)nc6c5)ccc4n3)cccc2c1. The molecule has 40 heavy (non-hydrogen) atoms. The van der Waals surface area contributed by atoms with Crippen LogP contribution in [0.1, 0.15) is 0 Å². The lowest BCUT2D eigenvalue weighted by Crippen LogP contribution is -1.90. The summed E-state index contributed by atoms with van der Waals surface area (Å²) >= 11 is 0. The first-order chi connectivity index (χ1) is 19.8. The molecule has 0 bridgehead atoms. The maximum atomic E-state index is 5.06. The normalized spacial score (nSPS) is 11.5. The summed E-state index contributed by atoms with van der Waals surface area (Å²) in [5.74, 6) is 0. The van der Waals surface area contributed by atoms with Crippen LogP contribution in [0.4, 0.5) is 0 Å². The predicted octanol–water partition coefficient (Wildman–Crippen LogP) is 9.49. The summed E-state index contributed by atoms with van der Waals surface area (Å²) < 4.78 is 0. The first-order valence-electron chi connectivity index (χ1n) is 13.4. The largest absolute Gasteiger partial charge is 0.256 e. The van der Waals surface area contributed by atoms with E-state index in [1.165, 1.54) is 10.8 Å². The highest BCUT2D eigenvalue weighted by molar-refractivity contribution is 5.98. The van der Waals surface area contributed by atoms with Crippen LogP contribution in [0.2, 0.25) is 0 Å². The summed E-state index contributed by atoms with van der Waals surface area (Å²) in [5, 5.41) is 5.79. The molecule has 3 nitrogen and oxygen atoms in total. The molecule has 0 fully saturated rings. The number of para-hydroxylation sites is 1. The Morgan fingerprint density at radius 3 is 2.02 bits per heavy atom. The monoisotopic (exact) mass is 509 g/mol. The fourth-order valence-electron chi connectivity index (χ4n) is 5.66. The van der Waals surface area contributed by atoms with Crippen molar-refractivity contribution in [2.45, 2.75) is 0 Å². The van der Waals surface area contributed by atoms with Crippen LogP contribution in [-0.2, 0) is 0 Å². The van der Waals surface area contributed by atoms with Gasteiger partial charge >= 0.3 is 0 Å². The van der Waals surface area contributed by atoms with Gasteiger partial charge in [-0.1, -0.05) is 97.1 Å². The number of benzene rings is 5. The Hall–Kier alpha value is -5.41. The Balaban J connectivity index is 1.19. The second-order valence-corrected chi connectivity index (χ2v) is 10.1. The van der Waals surface area contributed by atoms with E-state index in [1.807, 2.05) is 12.3 Å². The molecule has 0 radical (unpaired) electrons. The van der Waals surface area contributed by atoms with E-state index < -0.39 is 0 Å². The summed E-state index contributed by atoms with van der Waals surface area (Å²) in [4.78, 5) is 14.7. The molecule has 186 valence electrons. The average Bonchev–Trinajstić information content (AvgIpc) is 3.03. The predicted molar refractivity (Wildman–Crippen MR) is 166 cm³/mol. The second-order valence-electron chi connectivity index (χ2n) is 10.1. The van der Waals surface area contributed by atoms with Crippen molar-refractivity contribution in [2.75, 3.05) is 0 Å². The number of hydrogen-bond donors (Lipinski definition) is 0. The van der Waals surface area contributed by atoms with Crippen LogP contribution in [0.25, 0.3) is 77.1 Å². The van der Waals surface area contributed by atoms with Crippen LogP contribution in [0.5, 0.6) is 0 Å². The number of rotatable bonds is 3. The highest BCUT2D eigenvalue weighted by atomic mass is 14.7. The Bertz CT molecular complexity index is 2220. The van der Waals surface area contributed by atoms with E-state index in [9.17, 15) is 0 Å². The zero-order chi connectivity index (χ0) is 26.5. The molecule has 8 rings (SSSR count). The van der Waals surface area contributed by atoms with E-state index >= 15 is 0 Å². The van der Waals surface area contributed by atoms with Gasteiger partial charge in [-0.15, -0.1) is 0 Å². The second kappa shape index (κ2) is 9.11. The molecule has 3 heteroatoms. The van der Waals surface area contributed by atoms with Crippen LogP contribution in [0.15, 0.2) is 140 Å². The molecule has 5 aromatic carbocycles. The minimum atomic E-state index is 0.928. The van der Waals surface area contributed by atoms with Crippen molar-refractivity contribution < 1.29 is 0 Å². The average molecular weight is 510 g/mol. The zero-order valence-electron chi connectivity index (χ0n) is 21.6. The first kappa shape index (κ1) is 22.6. The molecular formula is C37H23N3. The van der Waals surface area contributed by atoms with Crippen LogP contribution < -0.4 is 0 Å². The number of hydrogen-bond acceptors (Lipinski definition) is 3. The van der Waals surface area contributed by atoms with Gasteiger partial charge in [-0.05, 0) is 58.3 Å². The number of aromatic nitrogens is 3. The van der Waals surface area contributed by atoms with E-state index in [0.717, 1.165) is 66.4 Å². The molecule has 0 aliphatic rings. The summed E-state index contributed by atoms with van der Waals surface area (Å²) in [6, 6.07) is 46.7. The molecule has 0 amide bonds. The van der Waals surface area contributed by atoms with Crippen molar-refractivity contribution >= 4 is 43.5 Å². The molecule has 8 aromatic rings. The van der Waals surface area contributed by atoms with Gasteiger partial charge in [-0.2, -0.15) is 0 Å². The fraction of sp³-hybridized carbons (Fsp3) is 0. The van der Waals surface area contributed by atoms with Crippen molar-refractivity contribution in [2.24, 2.45) is 0 Å². The van der Waals surface area contributed by atoms with Crippen LogP contribution in [0, 0.1) is 0 Å². The molecule has 0 atom stereocenters. The quantitative estimate of drug-likeness (QED) is 0.238. The van der Waals surface area contributed by atoms with E-state index in [-0.39, 0.29) is 0 Å². The molecule has 0 aliphatic carbocycles. The summed E-state index contributed by atoms with van der Waals surface area (Å²) in [6.45, 7) is 0. The van der Waals surface area contributed by atoms with Gasteiger partial charge in [0.1, 0.15) is 0 Å². The topological polar surface area (TPSA) is 38.7 Å². The minimum Gasteiger partial charge on any atom is -0.256 e. The Kier molecular flexibility index (Phi) is 5.14. The maximum absolute atomic E-state index is 5.06. The highest BCUT2D eigenvalue weighted by Crippen LogP contribution is 2.32. The first-order valence-corrected chi connectivity index (χ1v) is 13.4. The summed E-state index contributed by atoms with van der Waals surface area (Å²) in [5.41, 5.74) is 9.32. The molecule has 0 N–H and O–H groups in total. The van der Waals surface area contributed by atoms with Gasteiger partial charge < -0.3 is 0 Å². The van der Waals surface area contributed by atoms with E-state index in [4.69, 9.17) is 9.97 Å². The van der Waals surface area contributed by atoms with Gasteiger partial charge in [-0.3, -0.25) is 4.98 Å². The van der Waals surface area contributed by atoms with Crippen LogP contribution in [0.3, 0.4) is 0 Å². The van der Waals surface area contributed by atoms with Gasteiger partial charge in [0, 0.05) is 33.5 Å².